The minimum atomic E-state index is -0.359. The first-order valence-electron chi connectivity index (χ1n) is 8.40. The Hall–Kier alpha value is -1.91. The van der Waals surface area contributed by atoms with Crippen LogP contribution in [-0.2, 0) is 4.79 Å². The van der Waals surface area contributed by atoms with E-state index in [0.717, 1.165) is 25.7 Å². The summed E-state index contributed by atoms with van der Waals surface area (Å²) in [4.78, 5) is 26.6. The van der Waals surface area contributed by atoms with E-state index in [4.69, 9.17) is 0 Å². The van der Waals surface area contributed by atoms with Crippen LogP contribution in [0.3, 0.4) is 0 Å². The van der Waals surface area contributed by atoms with Crippen LogP contribution in [0.5, 0.6) is 0 Å². The number of amides is 2. The van der Waals surface area contributed by atoms with Crippen LogP contribution in [0.2, 0.25) is 0 Å². The Balaban J connectivity index is 1.98. The number of rotatable bonds is 5. The Morgan fingerprint density at radius 3 is 2.52 bits per heavy atom. The van der Waals surface area contributed by atoms with E-state index in [2.05, 4.69) is 19.2 Å². The SMILES string of the molecule is CCC(CC)NC(=O)[C@H]1CCCN(C(=O)c2ccc(F)cc2)C1. The van der Waals surface area contributed by atoms with Gasteiger partial charge < -0.3 is 10.2 Å². The molecule has 0 aliphatic carbocycles. The molecule has 4 nitrogen and oxygen atoms in total. The number of carbonyl (C=O) groups is 2. The molecule has 1 fully saturated rings. The molecule has 2 amide bonds. The minimum Gasteiger partial charge on any atom is -0.353 e. The Morgan fingerprint density at radius 1 is 1.26 bits per heavy atom. The van der Waals surface area contributed by atoms with Gasteiger partial charge in [-0.1, -0.05) is 13.8 Å². The van der Waals surface area contributed by atoms with Crippen LogP contribution in [0.25, 0.3) is 0 Å². The van der Waals surface area contributed by atoms with E-state index in [0.29, 0.717) is 18.7 Å². The summed E-state index contributed by atoms with van der Waals surface area (Å²) in [6.45, 7) is 5.19. The Morgan fingerprint density at radius 2 is 1.91 bits per heavy atom. The number of nitrogens with zero attached hydrogens (tertiary/aromatic N) is 1. The molecule has 1 N–H and O–H groups in total. The highest BCUT2D eigenvalue weighted by Gasteiger charge is 2.29. The molecule has 2 rings (SSSR count). The molecule has 1 saturated heterocycles. The molecule has 23 heavy (non-hydrogen) atoms. The van der Waals surface area contributed by atoms with E-state index in [1.807, 2.05) is 0 Å². The van der Waals surface area contributed by atoms with E-state index < -0.39 is 0 Å². The molecule has 0 spiro atoms. The van der Waals surface area contributed by atoms with Crippen LogP contribution in [0.1, 0.15) is 49.9 Å². The second-order valence-corrected chi connectivity index (χ2v) is 6.12. The van der Waals surface area contributed by atoms with Crippen LogP contribution in [0, 0.1) is 11.7 Å². The van der Waals surface area contributed by atoms with Gasteiger partial charge in [0.1, 0.15) is 5.82 Å². The molecule has 126 valence electrons. The molecule has 5 heteroatoms. The summed E-state index contributed by atoms with van der Waals surface area (Å²) in [7, 11) is 0. The molecule has 1 aliphatic rings. The first kappa shape index (κ1) is 17.4. The average molecular weight is 320 g/mol. The molecule has 1 aromatic rings. The predicted octanol–water partition coefficient (Wildman–Crippen LogP) is 2.98. The lowest BCUT2D eigenvalue weighted by Gasteiger charge is -2.33. The Kier molecular flexibility index (Phi) is 6.13. The van der Waals surface area contributed by atoms with Crippen molar-refractivity contribution in [2.45, 2.75) is 45.6 Å². The smallest absolute Gasteiger partial charge is 0.253 e. The lowest BCUT2D eigenvalue weighted by atomic mass is 9.95. The zero-order chi connectivity index (χ0) is 16.8. The van der Waals surface area contributed by atoms with Crippen LogP contribution < -0.4 is 5.32 Å². The number of nitrogens with one attached hydrogen (secondary N) is 1. The third kappa shape index (κ3) is 4.53. The number of carbonyl (C=O) groups excluding carboxylic acids is 2. The Labute approximate surface area is 137 Å². The highest BCUT2D eigenvalue weighted by atomic mass is 19.1. The van der Waals surface area contributed by atoms with Crippen molar-refractivity contribution in [2.24, 2.45) is 5.92 Å². The maximum atomic E-state index is 13.0. The van der Waals surface area contributed by atoms with E-state index in [1.54, 1.807) is 4.90 Å². The standard InChI is InChI=1S/C18H25FN2O2/c1-3-16(4-2)20-17(22)14-6-5-11-21(12-14)18(23)13-7-9-15(19)10-8-13/h7-10,14,16H,3-6,11-12H2,1-2H3,(H,20,22)/t14-/m0/s1. The fourth-order valence-corrected chi connectivity index (χ4v) is 2.96. The fraction of sp³-hybridized carbons (Fsp3) is 0.556. The summed E-state index contributed by atoms with van der Waals surface area (Å²) in [6, 6.07) is 5.76. The summed E-state index contributed by atoms with van der Waals surface area (Å²) in [5.74, 6) is -0.614. The van der Waals surface area contributed by atoms with Crippen molar-refractivity contribution in [1.82, 2.24) is 10.2 Å². The Bertz CT molecular complexity index is 540. The average Bonchev–Trinajstić information content (AvgIpc) is 2.59. The molecule has 1 aliphatic heterocycles. The van der Waals surface area contributed by atoms with Crippen LogP contribution in [0.15, 0.2) is 24.3 Å². The molecule has 0 radical (unpaired) electrons. The van der Waals surface area contributed by atoms with Crippen molar-refractivity contribution in [3.05, 3.63) is 35.6 Å². The zero-order valence-corrected chi connectivity index (χ0v) is 13.8. The third-order valence-corrected chi connectivity index (χ3v) is 4.50. The van der Waals surface area contributed by atoms with E-state index >= 15 is 0 Å². The van der Waals surface area contributed by atoms with Crippen molar-refractivity contribution in [3.8, 4) is 0 Å². The predicted molar refractivity (Wildman–Crippen MR) is 87.5 cm³/mol. The van der Waals surface area contributed by atoms with Crippen molar-refractivity contribution < 1.29 is 14.0 Å². The molecule has 1 heterocycles. The largest absolute Gasteiger partial charge is 0.353 e. The topological polar surface area (TPSA) is 49.4 Å². The molecule has 1 atom stereocenters. The minimum absolute atomic E-state index is 0.0373. The maximum Gasteiger partial charge on any atom is 0.253 e. The first-order chi connectivity index (χ1) is 11.0. The van der Waals surface area contributed by atoms with Crippen molar-refractivity contribution in [2.75, 3.05) is 13.1 Å². The van der Waals surface area contributed by atoms with Gasteiger partial charge in [-0.3, -0.25) is 9.59 Å². The monoisotopic (exact) mass is 320 g/mol. The lowest BCUT2D eigenvalue weighted by Crippen LogP contribution is -2.47. The third-order valence-electron chi connectivity index (χ3n) is 4.50. The summed E-state index contributed by atoms with van der Waals surface area (Å²) < 4.78 is 13.0. The van der Waals surface area contributed by atoms with Gasteiger partial charge in [0.25, 0.3) is 5.91 Å². The van der Waals surface area contributed by atoms with Gasteiger partial charge in [0.05, 0.1) is 5.92 Å². The van der Waals surface area contributed by atoms with E-state index in [9.17, 15) is 14.0 Å². The first-order valence-corrected chi connectivity index (χ1v) is 8.40. The molecule has 0 bridgehead atoms. The van der Waals surface area contributed by atoms with Crippen LogP contribution >= 0.6 is 0 Å². The van der Waals surface area contributed by atoms with Crippen LogP contribution in [0.4, 0.5) is 4.39 Å². The quantitative estimate of drug-likeness (QED) is 0.907. The van der Waals surface area contributed by atoms with Crippen molar-refractivity contribution in [1.29, 1.82) is 0 Å². The van der Waals surface area contributed by atoms with Gasteiger partial charge in [0.15, 0.2) is 0 Å². The molecule has 0 aromatic heterocycles. The molecular weight excluding hydrogens is 295 g/mol. The van der Waals surface area contributed by atoms with E-state index in [-0.39, 0.29) is 29.6 Å². The molecular formula is C18H25FN2O2. The van der Waals surface area contributed by atoms with Crippen LogP contribution in [-0.4, -0.2) is 35.8 Å². The zero-order valence-electron chi connectivity index (χ0n) is 13.8. The van der Waals surface area contributed by atoms with Gasteiger partial charge in [-0.05, 0) is 49.9 Å². The normalized spacial score (nSPS) is 18.1. The van der Waals surface area contributed by atoms with Crippen molar-refractivity contribution in [3.63, 3.8) is 0 Å². The summed E-state index contributed by atoms with van der Waals surface area (Å²) in [5.41, 5.74) is 0.465. The number of benzene rings is 1. The summed E-state index contributed by atoms with van der Waals surface area (Å²) >= 11 is 0. The van der Waals surface area contributed by atoms with Gasteiger partial charge >= 0.3 is 0 Å². The summed E-state index contributed by atoms with van der Waals surface area (Å²) in [5, 5.41) is 3.07. The fourth-order valence-electron chi connectivity index (χ4n) is 2.96. The second-order valence-electron chi connectivity index (χ2n) is 6.12. The van der Waals surface area contributed by atoms with Gasteiger partial charge in [0, 0.05) is 24.7 Å². The van der Waals surface area contributed by atoms with E-state index in [1.165, 1.54) is 24.3 Å². The number of hydrogen-bond acceptors (Lipinski definition) is 2. The molecule has 0 unspecified atom stereocenters. The maximum absolute atomic E-state index is 13.0. The lowest BCUT2D eigenvalue weighted by molar-refractivity contribution is -0.127. The highest BCUT2D eigenvalue weighted by molar-refractivity contribution is 5.94. The number of likely N-dealkylation sites (tertiary alicyclic amines) is 1. The van der Waals surface area contributed by atoms with Gasteiger partial charge in [-0.25, -0.2) is 4.39 Å². The van der Waals surface area contributed by atoms with Gasteiger partial charge in [-0.2, -0.15) is 0 Å². The van der Waals surface area contributed by atoms with Crippen molar-refractivity contribution >= 4 is 11.8 Å². The van der Waals surface area contributed by atoms with Gasteiger partial charge in [-0.15, -0.1) is 0 Å². The molecule has 1 aromatic carbocycles. The summed E-state index contributed by atoms with van der Waals surface area (Å²) in [6.07, 6.45) is 3.44. The number of piperidine rings is 1. The molecule has 0 saturated carbocycles. The number of halogens is 1. The number of hydrogen-bond donors (Lipinski definition) is 1. The second kappa shape index (κ2) is 8.09. The van der Waals surface area contributed by atoms with Gasteiger partial charge in [0.2, 0.25) is 5.91 Å². The highest BCUT2D eigenvalue weighted by Crippen LogP contribution is 2.19.